The zero-order chi connectivity index (χ0) is 17.1. The van der Waals surface area contributed by atoms with E-state index in [2.05, 4.69) is 9.97 Å². The quantitative estimate of drug-likeness (QED) is 0.508. The number of hydrogen-bond acceptors (Lipinski definition) is 5. The van der Waals surface area contributed by atoms with Crippen LogP contribution in [0.25, 0.3) is 16.8 Å². The number of Topliss-reactive ketones (excluding diaryl/α,β-unsaturated/α-hetero) is 1. The normalized spacial score (nSPS) is 19.5. The number of methoxy groups -OCH3 is 1. The first-order valence-electron chi connectivity index (χ1n) is 7.81. The minimum absolute atomic E-state index is 0.236. The maximum absolute atomic E-state index is 13.0. The number of esters is 1. The summed E-state index contributed by atoms with van der Waals surface area (Å²) in [5, 5.41) is 0. The SMILES string of the molecule is COC(=O)C1C(=O)c2cn3c(nc2CC1(C)C)nc1ccccc13. The van der Waals surface area contributed by atoms with Gasteiger partial charge in [-0.15, -0.1) is 0 Å². The van der Waals surface area contributed by atoms with Gasteiger partial charge in [-0.25, -0.2) is 9.97 Å². The Kier molecular flexibility index (Phi) is 3.00. The van der Waals surface area contributed by atoms with Crippen LogP contribution in [0, 0.1) is 11.3 Å². The summed E-state index contributed by atoms with van der Waals surface area (Å²) >= 11 is 0. The van der Waals surface area contributed by atoms with Crippen LogP contribution >= 0.6 is 0 Å². The number of ketones is 1. The van der Waals surface area contributed by atoms with Crippen LogP contribution in [0.15, 0.2) is 30.5 Å². The lowest BCUT2D eigenvalue weighted by atomic mass is 9.67. The van der Waals surface area contributed by atoms with Crippen molar-refractivity contribution in [3.05, 3.63) is 41.7 Å². The lowest BCUT2D eigenvalue weighted by molar-refractivity contribution is -0.147. The zero-order valence-corrected chi connectivity index (χ0v) is 13.7. The second-order valence-corrected chi connectivity index (χ2v) is 6.86. The third-order valence-electron chi connectivity index (χ3n) is 4.75. The fourth-order valence-electron chi connectivity index (χ4n) is 3.55. The zero-order valence-electron chi connectivity index (χ0n) is 13.7. The summed E-state index contributed by atoms with van der Waals surface area (Å²) < 4.78 is 6.66. The number of aromatic nitrogens is 3. The van der Waals surface area contributed by atoms with E-state index >= 15 is 0 Å². The number of para-hydroxylation sites is 2. The van der Waals surface area contributed by atoms with Crippen molar-refractivity contribution >= 4 is 28.6 Å². The molecule has 0 amide bonds. The first kappa shape index (κ1) is 14.8. The lowest BCUT2D eigenvalue weighted by Crippen LogP contribution is -2.44. The second kappa shape index (κ2) is 4.87. The van der Waals surface area contributed by atoms with E-state index in [0.29, 0.717) is 23.5 Å². The highest BCUT2D eigenvalue weighted by Gasteiger charge is 2.47. The van der Waals surface area contributed by atoms with E-state index in [1.54, 1.807) is 10.6 Å². The lowest BCUT2D eigenvalue weighted by Gasteiger charge is -2.35. The summed E-state index contributed by atoms with van der Waals surface area (Å²) in [5.74, 6) is -0.981. The highest BCUT2D eigenvalue weighted by atomic mass is 16.5. The van der Waals surface area contributed by atoms with Gasteiger partial charge >= 0.3 is 5.97 Å². The van der Waals surface area contributed by atoms with E-state index in [1.165, 1.54) is 7.11 Å². The number of ether oxygens (including phenoxy) is 1. The van der Waals surface area contributed by atoms with Gasteiger partial charge in [0.15, 0.2) is 5.78 Å². The molecule has 6 nitrogen and oxygen atoms in total. The summed E-state index contributed by atoms with van der Waals surface area (Å²) in [6, 6.07) is 7.67. The van der Waals surface area contributed by atoms with Gasteiger partial charge in [0.2, 0.25) is 5.78 Å². The Balaban J connectivity index is 1.97. The Labute approximate surface area is 138 Å². The van der Waals surface area contributed by atoms with Crippen LogP contribution in [0.1, 0.15) is 29.9 Å². The number of imidazole rings is 1. The van der Waals surface area contributed by atoms with Gasteiger partial charge in [0, 0.05) is 6.20 Å². The highest BCUT2D eigenvalue weighted by molar-refractivity contribution is 6.10. The Bertz CT molecular complexity index is 1000. The van der Waals surface area contributed by atoms with Crippen molar-refractivity contribution in [3.63, 3.8) is 0 Å². The third kappa shape index (κ3) is 1.95. The Morgan fingerprint density at radius 2 is 2.04 bits per heavy atom. The van der Waals surface area contributed by atoms with Gasteiger partial charge in [-0.1, -0.05) is 26.0 Å². The number of benzene rings is 1. The molecule has 4 rings (SSSR count). The number of carbonyl (C=O) groups is 2. The summed E-state index contributed by atoms with van der Waals surface area (Å²) in [4.78, 5) is 34.2. The van der Waals surface area contributed by atoms with Gasteiger partial charge in [0.25, 0.3) is 0 Å². The number of fused-ring (bicyclic) bond motifs is 4. The van der Waals surface area contributed by atoms with E-state index < -0.39 is 17.3 Å². The number of hydrogen-bond donors (Lipinski definition) is 0. The standard InChI is InChI=1S/C18H17N3O3/c1-18(2)8-12-10(15(22)14(18)16(23)24-3)9-21-13-7-5-4-6-11(13)19-17(21)20-12/h4-7,9,14H,8H2,1-3H3. The van der Waals surface area contributed by atoms with Crippen LogP contribution in [-0.4, -0.2) is 33.2 Å². The molecule has 1 aliphatic rings. The van der Waals surface area contributed by atoms with Crippen molar-refractivity contribution in [2.24, 2.45) is 11.3 Å². The van der Waals surface area contributed by atoms with Crippen LogP contribution < -0.4 is 0 Å². The average Bonchev–Trinajstić information content (AvgIpc) is 2.89. The van der Waals surface area contributed by atoms with Gasteiger partial charge in [0.1, 0.15) is 5.92 Å². The molecule has 1 atom stereocenters. The molecule has 0 saturated heterocycles. The van der Waals surface area contributed by atoms with Gasteiger partial charge < -0.3 is 4.74 Å². The topological polar surface area (TPSA) is 73.6 Å². The van der Waals surface area contributed by atoms with Crippen molar-refractivity contribution < 1.29 is 14.3 Å². The molecular formula is C18H17N3O3. The molecule has 2 aromatic heterocycles. The monoisotopic (exact) mass is 323 g/mol. The van der Waals surface area contributed by atoms with Crippen molar-refractivity contribution in [1.82, 2.24) is 14.4 Å². The molecule has 0 aliphatic heterocycles. The molecule has 2 heterocycles. The summed E-state index contributed by atoms with van der Waals surface area (Å²) in [7, 11) is 1.31. The van der Waals surface area contributed by atoms with Crippen LogP contribution in [0.3, 0.4) is 0 Å². The fourth-order valence-corrected chi connectivity index (χ4v) is 3.55. The molecule has 1 aromatic carbocycles. The van der Waals surface area contributed by atoms with Gasteiger partial charge in [0.05, 0.1) is 29.4 Å². The summed E-state index contributed by atoms with van der Waals surface area (Å²) in [6.45, 7) is 3.78. The molecule has 6 heteroatoms. The Morgan fingerprint density at radius 1 is 1.29 bits per heavy atom. The van der Waals surface area contributed by atoms with Gasteiger partial charge in [-0.2, -0.15) is 0 Å². The smallest absolute Gasteiger partial charge is 0.317 e. The molecule has 122 valence electrons. The Hall–Kier alpha value is -2.76. The second-order valence-electron chi connectivity index (χ2n) is 6.86. The molecule has 0 spiro atoms. The van der Waals surface area contributed by atoms with E-state index in [1.807, 2.05) is 38.1 Å². The van der Waals surface area contributed by atoms with Crippen LogP contribution in [-0.2, 0) is 16.0 Å². The van der Waals surface area contributed by atoms with Crippen molar-refractivity contribution in [2.75, 3.05) is 7.11 Å². The summed E-state index contributed by atoms with van der Waals surface area (Å²) in [5.41, 5.74) is 2.32. The molecule has 24 heavy (non-hydrogen) atoms. The molecule has 1 unspecified atom stereocenters. The van der Waals surface area contributed by atoms with E-state index in [9.17, 15) is 9.59 Å². The Morgan fingerprint density at radius 3 is 2.79 bits per heavy atom. The van der Waals surface area contributed by atoms with Crippen LogP contribution in [0.2, 0.25) is 0 Å². The average molecular weight is 323 g/mol. The van der Waals surface area contributed by atoms with Crippen LogP contribution in [0.5, 0.6) is 0 Å². The predicted octanol–water partition coefficient (Wildman–Crippen LogP) is 2.44. The van der Waals surface area contributed by atoms with Crippen molar-refractivity contribution in [2.45, 2.75) is 20.3 Å². The molecular weight excluding hydrogens is 306 g/mol. The molecule has 0 N–H and O–H groups in total. The highest BCUT2D eigenvalue weighted by Crippen LogP contribution is 2.39. The van der Waals surface area contributed by atoms with Crippen LogP contribution in [0.4, 0.5) is 0 Å². The molecule has 1 aliphatic carbocycles. The number of nitrogens with zero attached hydrogens (tertiary/aromatic N) is 3. The van der Waals surface area contributed by atoms with E-state index in [0.717, 1.165) is 11.0 Å². The van der Waals surface area contributed by atoms with E-state index in [4.69, 9.17) is 4.74 Å². The summed E-state index contributed by atoms with van der Waals surface area (Å²) in [6.07, 6.45) is 2.27. The molecule has 0 bridgehead atoms. The first-order chi connectivity index (χ1) is 11.4. The molecule has 0 radical (unpaired) electrons. The van der Waals surface area contributed by atoms with Gasteiger partial charge in [-0.05, 0) is 24.0 Å². The molecule has 0 fully saturated rings. The number of carbonyl (C=O) groups excluding carboxylic acids is 2. The molecule has 0 saturated carbocycles. The fraction of sp³-hybridized carbons (Fsp3) is 0.333. The van der Waals surface area contributed by atoms with Crippen molar-refractivity contribution in [3.8, 4) is 0 Å². The number of rotatable bonds is 1. The third-order valence-corrected chi connectivity index (χ3v) is 4.75. The molecule has 3 aromatic rings. The first-order valence-corrected chi connectivity index (χ1v) is 7.81. The van der Waals surface area contributed by atoms with E-state index in [-0.39, 0.29) is 5.78 Å². The predicted molar refractivity (Wildman–Crippen MR) is 87.8 cm³/mol. The maximum atomic E-state index is 13.0. The van der Waals surface area contributed by atoms with Gasteiger partial charge in [-0.3, -0.25) is 14.0 Å². The largest absolute Gasteiger partial charge is 0.468 e. The maximum Gasteiger partial charge on any atom is 0.317 e. The minimum Gasteiger partial charge on any atom is -0.468 e. The van der Waals surface area contributed by atoms with Crippen molar-refractivity contribution in [1.29, 1.82) is 0 Å². The minimum atomic E-state index is -0.816.